The van der Waals surface area contributed by atoms with Gasteiger partial charge in [0.2, 0.25) is 0 Å². The van der Waals surface area contributed by atoms with Gasteiger partial charge in [0.05, 0.1) is 13.2 Å². The van der Waals surface area contributed by atoms with Crippen LogP contribution in [0.15, 0.2) is 6.33 Å². The molecule has 0 aliphatic rings. The lowest BCUT2D eigenvalue weighted by atomic mass is 9.97. The maximum atomic E-state index is 9.04. The first-order valence-corrected chi connectivity index (χ1v) is 5.14. The normalized spacial score (nSPS) is 12.0. The third-order valence-electron chi connectivity index (χ3n) is 2.15. The largest absolute Gasteiger partial charge is 0.396 e. The van der Waals surface area contributed by atoms with Crippen LogP contribution in [0.5, 0.6) is 0 Å². The van der Waals surface area contributed by atoms with Gasteiger partial charge in [-0.25, -0.2) is 9.67 Å². The van der Waals surface area contributed by atoms with Gasteiger partial charge in [0, 0.05) is 12.0 Å². The van der Waals surface area contributed by atoms with Gasteiger partial charge in [-0.3, -0.25) is 0 Å². The summed E-state index contributed by atoms with van der Waals surface area (Å²) in [6, 6.07) is 0. The van der Waals surface area contributed by atoms with Crippen molar-refractivity contribution in [3.8, 4) is 0 Å². The Morgan fingerprint density at radius 3 is 2.87 bits per heavy atom. The highest BCUT2D eigenvalue weighted by atomic mass is 16.5. The van der Waals surface area contributed by atoms with Crippen LogP contribution in [0.1, 0.15) is 26.6 Å². The molecule has 1 N–H and O–H groups in total. The number of hydrogen-bond acceptors (Lipinski definition) is 4. The minimum Gasteiger partial charge on any atom is -0.396 e. The Morgan fingerprint density at radius 2 is 2.27 bits per heavy atom. The van der Waals surface area contributed by atoms with Gasteiger partial charge in [-0.1, -0.05) is 13.8 Å². The zero-order chi connectivity index (χ0) is 11.3. The maximum Gasteiger partial charge on any atom is 0.152 e. The topological polar surface area (TPSA) is 60.2 Å². The van der Waals surface area contributed by atoms with Crippen LogP contribution in [0.4, 0.5) is 0 Å². The molecule has 0 aliphatic heterocycles. The lowest BCUT2D eigenvalue weighted by Crippen LogP contribution is -2.23. The van der Waals surface area contributed by atoms with E-state index in [0.29, 0.717) is 13.2 Å². The summed E-state index contributed by atoms with van der Waals surface area (Å²) in [5.74, 6) is 0.825. The number of rotatable bonds is 6. The molecule has 0 radical (unpaired) electrons. The standard InChI is InChI=1S/C10H19N3O2/c1-4-13-9(11-8-12-13)5-15-7-10(2,3)6-14/h8,14H,4-7H2,1-3H3. The predicted octanol–water partition coefficient (Wildman–Crippen LogP) is 0.833. The summed E-state index contributed by atoms with van der Waals surface area (Å²) in [5.41, 5.74) is -0.197. The fraction of sp³-hybridized carbons (Fsp3) is 0.800. The summed E-state index contributed by atoms with van der Waals surface area (Å²) in [6.45, 7) is 7.79. The molecule has 1 aromatic heterocycles. The zero-order valence-electron chi connectivity index (χ0n) is 9.60. The van der Waals surface area contributed by atoms with E-state index >= 15 is 0 Å². The molecule has 0 saturated carbocycles. The second kappa shape index (κ2) is 5.23. The van der Waals surface area contributed by atoms with Gasteiger partial charge in [0.1, 0.15) is 12.9 Å². The lowest BCUT2D eigenvalue weighted by Gasteiger charge is -2.20. The SMILES string of the molecule is CCn1ncnc1COCC(C)(C)CO. The highest BCUT2D eigenvalue weighted by Gasteiger charge is 2.17. The van der Waals surface area contributed by atoms with Gasteiger partial charge >= 0.3 is 0 Å². The molecule has 0 aliphatic carbocycles. The number of aryl methyl sites for hydroxylation is 1. The van der Waals surface area contributed by atoms with Crippen molar-refractivity contribution in [3.63, 3.8) is 0 Å². The Hall–Kier alpha value is -0.940. The van der Waals surface area contributed by atoms with Crippen LogP contribution in [-0.2, 0) is 17.9 Å². The van der Waals surface area contributed by atoms with Crippen molar-refractivity contribution in [1.82, 2.24) is 14.8 Å². The molecule has 0 bridgehead atoms. The molecule has 0 fully saturated rings. The molecule has 0 aromatic carbocycles. The minimum absolute atomic E-state index is 0.119. The van der Waals surface area contributed by atoms with E-state index in [-0.39, 0.29) is 12.0 Å². The molecule has 0 saturated heterocycles. The summed E-state index contributed by atoms with van der Waals surface area (Å²) in [6.07, 6.45) is 1.53. The molecule has 0 spiro atoms. The number of aliphatic hydroxyl groups is 1. The van der Waals surface area contributed by atoms with Crippen LogP contribution in [0.25, 0.3) is 0 Å². The van der Waals surface area contributed by atoms with E-state index in [1.54, 1.807) is 4.68 Å². The van der Waals surface area contributed by atoms with Crippen molar-refractivity contribution in [3.05, 3.63) is 12.2 Å². The van der Waals surface area contributed by atoms with E-state index in [1.165, 1.54) is 6.33 Å². The summed E-state index contributed by atoms with van der Waals surface area (Å²) < 4.78 is 7.29. The highest BCUT2D eigenvalue weighted by molar-refractivity contribution is 4.81. The van der Waals surface area contributed by atoms with E-state index in [0.717, 1.165) is 12.4 Å². The quantitative estimate of drug-likeness (QED) is 0.760. The van der Waals surface area contributed by atoms with Gasteiger partial charge in [-0.15, -0.1) is 0 Å². The van der Waals surface area contributed by atoms with E-state index in [1.807, 2.05) is 20.8 Å². The Kier molecular flexibility index (Phi) is 4.23. The monoisotopic (exact) mass is 213 g/mol. The van der Waals surface area contributed by atoms with Gasteiger partial charge < -0.3 is 9.84 Å². The number of nitrogens with zero attached hydrogens (tertiary/aromatic N) is 3. The van der Waals surface area contributed by atoms with Crippen molar-refractivity contribution in [1.29, 1.82) is 0 Å². The summed E-state index contributed by atoms with van der Waals surface area (Å²) in [5, 5.41) is 13.1. The fourth-order valence-electron chi connectivity index (χ4n) is 1.13. The summed E-state index contributed by atoms with van der Waals surface area (Å²) >= 11 is 0. The number of aliphatic hydroxyl groups excluding tert-OH is 1. The van der Waals surface area contributed by atoms with Crippen LogP contribution >= 0.6 is 0 Å². The Balaban J connectivity index is 2.38. The van der Waals surface area contributed by atoms with E-state index in [4.69, 9.17) is 9.84 Å². The molecule has 5 heteroatoms. The molecule has 0 atom stereocenters. The first-order chi connectivity index (χ1) is 7.09. The van der Waals surface area contributed by atoms with Gasteiger partial charge in [-0.05, 0) is 6.92 Å². The molecule has 1 rings (SSSR count). The third kappa shape index (κ3) is 3.60. The second-order valence-electron chi connectivity index (χ2n) is 4.31. The first-order valence-electron chi connectivity index (χ1n) is 5.14. The summed E-state index contributed by atoms with van der Waals surface area (Å²) in [7, 11) is 0. The fourth-order valence-corrected chi connectivity index (χ4v) is 1.13. The Labute approximate surface area is 90.1 Å². The van der Waals surface area contributed by atoms with Crippen LogP contribution in [0, 0.1) is 5.41 Å². The highest BCUT2D eigenvalue weighted by Crippen LogP contribution is 2.14. The Morgan fingerprint density at radius 1 is 1.53 bits per heavy atom. The predicted molar refractivity (Wildman–Crippen MR) is 56.2 cm³/mol. The molecule has 1 heterocycles. The number of hydrogen-bond donors (Lipinski definition) is 1. The molecular weight excluding hydrogens is 194 g/mol. The smallest absolute Gasteiger partial charge is 0.152 e. The van der Waals surface area contributed by atoms with Crippen LogP contribution in [-0.4, -0.2) is 33.1 Å². The lowest BCUT2D eigenvalue weighted by molar-refractivity contribution is 0.0161. The number of aromatic nitrogens is 3. The van der Waals surface area contributed by atoms with E-state index in [9.17, 15) is 0 Å². The van der Waals surface area contributed by atoms with Gasteiger partial charge in [0.25, 0.3) is 0 Å². The minimum atomic E-state index is -0.197. The molecule has 86 valence electrons. The van der Waals surface area contributed by atoms with E-state index in [2.05, 4.69) is 10.1 Å². The van der Waals surface area contributed by atoms with Crippen LogP contribution in [0.3, 0.4) is 0 Å². The zero-order valence-corrected chi connectivity index (χ0v) is 9.60. The van der Waals surface area contributed by atoms with Crippen LogP contribution < -0.4 is 0 Å². The Bertz CT molecular complexity index is 297. The average molecular weight is 213 g/mol. The molecular formula is C10H19N3O2. The third-order valence-corrected chi connectivity index (χ3v) is 2.15. The van der Waals surface area contributed by atoms with Gasteiger partial charge in [0.15, 0.2) is 5.82 Å². The van der Waals surface area contributed by atoms with Crippen LogP contribution in [0.2, 0.25) is 0 Å². The molecule has 0 unspecified atom stereocenters. The van der Waals surface area contributed by atoms with Crippen molar-refractivity contribution in [2.75, 3.05) is 13.2 Å². The maximum absolute atomic E-state index is 9.04. The van der Waals surface area contributed by atoms with Gasteiger partial charge in [-0.2, -0.15) is 5.10 Å². The van der Waals surface area contributed by atoms with Crippen molar-refractivity contribution >= 4 is 0 Å². The first kappa shape index (κ1) is 12.1. The molecule has 1 aromatic rings. The summed E-state index contributed by atoms with van der Waals surface area (Å²) in [4.78, 5) is 4.10. The average Bonchev–Trinajstić information content (AvgIpc) is 2.65. The van der Waals surface area contributed by atoms with Crippen molar-refractivity contribution in [2.45, 2.75) is 33.9 Å². The molecule has 15 heavy (non-hydrogen) atoms. The molecule has 0 amide bonds. The van der Waals surface area contributed by atoms with Crippen molar-refractivity contribution < 1.29 is 9.84 Å². The van der Waals surface area contributed by atoms with Crippen molar-refractivity contribution in [2.24, 2.45) is 5.41 Å². The second-order valence-corrected chi connectivity index (χ2v) is 4.31. The molecule has 5 nitrogen and oxygen atoms in total. The number of ether oxygens (including phenoxy) is 1. The van der Waals surface area contributed by atoms with E-state index < -0.39 is 0 Å².